The normalized spacial score (nSPS) is 13.4. The number of hydrogen-bond donors (Lipinski definition) is 1. The third-order valence-corrected chi connectivity index (χ3v) is 3.54. The van der Waals surface area contributed by atoms with E-state index >= 15 is 0 Å². The number of aromatic nitrogens is 1. The molecule has 0 aliphatic carbocycles. The monoisotopic (exact) mass is 256 g/mol. The minimum Gasteiger partial charge on any atom is -0.497 e. The SMILES string of the molecule is COc1ccc(CN2CCc3c2cc[nH]c3=O)cc1. The largest absolute Gasteiger partial charge is 0.497 e. The zero-order chi connectivity index (χ0) is 13.2. The molecule has 4 heteroatoms. The van der Waals surface area contributed by atoms with Crippen LogP contribution in [-0.2, 0) is 13.0 Å². The molecule has 0 atom stereocenters. The van der Waals surface area contributed by atoms with Gasteiger partial charge in [0.05, 0.1) is 7.11 Å². The van der Waals surface area contributed by atoms with E-state index < -0.39 is 0 Å². The lowest BCUT2D eigenvalue weighted by Crippen LogP contribution is -2.19. The van der Waals surface area contributed by atoms with Gasteiger partial charge in [-0.2, -0.15) is 0 Å². The lowest BCUT2D eigenvalue weighted by atomic mass is 10.2. The van der Waals surface area contributed by atoms with Crippen molar-refractivity contribution in [3.8, 4) is 5.75 Å². The first-order chi connectivity index (χ1) is 9.28. The van der Waals surface area contributed by atoms with E-state index in [4.69, 9.17) is 4.74 Å². The fourth-order valence-electron chi connectivity index (χ4n) is 2.52. The van der Waals surface area contributed by atoms with Crippen LogP contribution in [0.1, 0.15) is 11.1 Å². The maximum atomic E-state index is 11.7. The number of anilines is 1. The van der Waals surface area contributed by atoms with Crippen LogP contribution in [0.25, 0.3) is 0 Å². The van der Waals surface area contributed by atoms with Crippen molar-refractivity contribution in [3.05, 3.63) is 58.0 Å². The summed E-state index contributed by atoms with van der Waals surface area (Å²) in [6.45, 7) is 1.72. The highest BCUT2D eigenvalue weighted by atomic mass is 16.5. The number of H-pyrrole nitrogens is 1. The van der Waals surface area contributed by atoms with E-state index in [0.717, 1.165) is 36.5 Å². The van der Waals surface area contributed by atoms with E-state index in [1.54, 1.807) is 13.3 Å². The maximum absolute atomic E-state index is 11.7. The van der Waals surface area contributed by atoms with Crippen molar-refractivity contribution < 1.29 is 4.74 Å². The number of fused-ring (bicyclic) bond motifs is 1. The summed E-state index contributed by atoms with van der Waals surface area (Å²) in [6.07, 6.45) is 2.54. The number of nitrogens with zero attached hydrogens (tertiary/aromatic N) is 1. The van der Waals surface area contributed by atoms with E-state index in [1.165, 1.54) is 5.56 Å². The predicted octanol–water partition coefficient (Wildman–Crippen LogP) is 1.95. The standard InChI is InChI=1S/C15H16N2O2/c1-19-12-4-2-11(3-5-12)10-17-9-7-13-14(17)6-8-16-15(13)18/h2-6,8H,7,9-10H2,1H3,(H,16,18). The van der Waals surface area contributed by atoms with Gasteiger partial charge in [0.1, 0.15) is 5.75 Å². The molecule has 0 saturated carbocycles. The molecule has 98 valence electrons. The van der Waals surface area contributed by atoms with Crippen molar-refractivity contribution in [1.82, 2.24) is 4.98 Å². The maximum Gasteiger partial charge on any atom is 0.253 e. The molecule has 0 spiro atoms. The molecule has 3 rings (SSSR count). The summed E-state index contributed by atoms with van der Waals surface area (Å²) in [5.41, 5.74) is 3.21. The van der Waals surface area contributed by atoms with Gasteiger partial charge < -0.3 is 14.6 Å². The average molecular weight is 256 g/mol. The molecule has 0 bridgehead atoms. The van der Waals surface area contributed by atoms with E-state index in [1.807, 2.05) is 18.2 Å². The van der Waals surface area contributed by atoms with Crippen LogP contribution in [-0.4, -0.2) is 18.6 Å². The van der Waals surface area contributed by atoms with Crippen LogP contribution in [0.4, 0.5) is 5.69 Å². The molecule has 1 aliphatic rings. The Morgan fingerprint density at radius 2 is 2.05 bits per heavy atom. The molecule has 0 amide bonds. The van der Waals surface area contributed by atoms with Crippen molar-refractivity contribution in [2.75, 3.05) is 18.6 Å². The van der Waals surface area contributed by atoms with Crippen molar-refractivity contribution in [1.29, 1.82) is 0 Å². The predicted molar refractivity (Wildman–Crippen MR) is 74.8 cm³/mol. The zero-order valence-electron chi connectivity index (χ0n) is 10.8. The number of rotatable bonds is 3. The molecule has 2 heterocycles. The number of nitrogens with one attached hydrogen (secondary N) is 1. The summed E-state index contributed by atoms with van der Waals surface area (Å²) in [5.74, 6) is 0.863. The number of ether oxygens (including phenoxy) is 1. The average Bonchev–Trinajstić information content (AvgIpc) is 2.84. The summed E-state index contributed by atoms with van der Waals surface area (Å²) in [5, 5.41) is 0. The second kappa shape index (κ2) is 4.80. The molecular formula is C15H16N2O2. The van der Waals surface area contributed by atoms with Gasteiger partial charge in [-0.15, -0.1) is 0 Å². The van der Waals surface area contributed by atoms with Gasteiger partial charge >= 0.3 is 0 Å². The van der Waals surface area contributed by atoms with Gasteiger partial charge in [-0.1, -0.05) is 12.1 Å². The zero-order valence-corrected chi connectivity index (χ0v) is 10.8. The minimum atomic E-state index is 0.0368. The first-order valence-corrected chi connectivity index (χ1v) is 6.36. The first-order valence-electron chi connectivity index (χ1n) is 6.36. The van der Waals surface area contributed by atoms with Crippen LogP contribution in [0.15, 0.2) is 41.3 Å². The van der Waals surface area contributed by atoms with Gasteiger partial charge in [0.15, 0.2) is 0 Å². The van der Waals surface area contributed by atoms with Gasteiger partial charge in [0.2, 0.25) is 0 Å². The van der Waals surface area contributed by atoms with Crippen LogP contribution in [0.2, 0.25) is 0 Å². The highest BCUT2D eigenvalue weighted by Gasteiger charge is 2.21. The van der Waals surface area contributed by atoms with Gasteiger partial charge in [-0.05, 0) is 30.2 Å². The number of benzene rings is 1. The molecule has 1 aliphatic heterocycles. The Bertz CT molecular complexity index is 631. The molecule has 0 radical (unpaired) electrons. The Morgan fingerprint density at radius 3 is 2.79 bits per heavy atom. The third-order valence-electron chi connectivity index (χ3n) is 3.54. The minimum absolute atomic E-state index is 0.0368. The smallest absolute Gasteiger partial charge is 0.253 e. The number of pyridine rings is 1. The third kappa shape index (κ3) is 2.21. The first kappa shape index (κ1) is 11.8. The number of methoxy groups -OCH3 is 1. The summed E-state index contributed by atoms with van der Waals surface area (Å²) in [7, 11) is 1.66. The molecule has 19 heavy (non-hydrogen) atoms. The fourth-order valence-corrected chi connectivity index (χ4v) is 2.52. The summed E-state index contributed by atoms with van der Waals surface area (Å²) < 4.78 is 5.15. The lowest BCUT2D eigenvalue weighted by molar-refractivity contribution is 0.414. The molecule has 4 nitrogen and oxygen atoms in total. The molecule has 0 fully saturated rings. The van der Waals surface area contributed by atoms with Crippen LogP contribution < -0.4 is 15.2 Å². The molecule has 1 N–H and O–H groups in total. The van der Waals surface area contributed by atoms with Gasteiger partial charge in [0, 0.05) is 30.5 Å². The van der Waals surface area contributed by atoms with E-state index in [9.17, 15) is 4.79 Å². The summed E-state index contributed by atoms with van der Waals surface area (Å²) >= 11 is 0. The van der Waals surface area contributed by atoms with Crippen molar-refractivity contribution in [2.45, 2.75) is 13.0 Å². The topological polar surface area (TPSA) is 45.3 Å². The second-order valence-electron chi connectivity index (χ2n) is 4.69. The van der Waals surface area contributed by atoms with Gasteiger partial charge in [-0.3, -0.25) is 4.79 Å². The molecular weight excluding hydrogens is 240 g/mol. The number of hydrogen-bond acceptors (Lipinski definition) is 3. The van der Waals surface area contributed by atoms with E-state index in [2.05, 4.69) is 22.0 Å². The Hall–Kier alpha value is -2.23. The van der Waals surface area contributed by atoms with Crippen LogP contribution in [0, 0.1) is 0 Å². The van der Waals surface area contributed by atoms with E-state index in [0.29, 0.717) is 0 Å². The number of aromatic amines is 1. The molecule has 0 unspecified atom stereocenters. The highest BCUT2D eigenvalue weighted by molar-refractivity contribution is 5.56. The Balaban J connectivity index is 1.82. The van der Waals surface area contributed by atoms with Crippen molar-refractivity contribution in [3.63, 3.8) is 0 Å². The van der Waals surface area contributed by atoms with Crippen molar-refractivity contribution in [2.24, 2.45) is 0 Å². The molecule has 2 aromatic rings. The molecule has 0 saturated heterocycles. The van der Waals surface area contributed by atoms with Gasteiger partial charge in [-0.25, -0.2) is 0 Å². The quantitative estimate of drug-likeness (QED) is 0.913. The Labute approximate surface area is 111 Å². The van der Waals surface area contributed by atoms with Gasteiger partial charge in [0.25, 0.3) is 5.56 Å². The molecule has 1 aromatic heterocycles. The highest BCUT2D eigenvalue weighted by Crippen LogP contribution is 2.26. The summed E-state index contributed by atoms with van der Waals surface area (Å²) in [6, 6.07) is 10.0. The Kier molecular flexibility index (Phi) is 2.99. The van der Waals surface area contributed by atoms with Crippen LogP contribution in [0.3, 0.4) is 0 Å². The van der Waals surface area contributed by atoms with Crippen LogP contribution in [0.5, 0.6) is 5.75 Å². The van der Waals surface area contributed by atoms with Crippen LogP contribution >= 0.6 is 0 Å². The summed E-state index contributed by atoms with van der Waals surface area (Å²) in [4.78, 5) is 16.7. The Morgan fingerprint density at radius 1 is 1.26 bits per heavy atom. The molecule has 1 aromatic carbocycles. The fraction of sp³-hybridized carbons (Fsp3) is 0.267. The van der Waals surface area contributed by atoms with Crippen molar-refractivity contribution >= 4 is 5.69 Å². The lowest BCUT2D eigenvalue weighted by Gasteiger charge is -2.19. The van der Waals surface area contributed by atoms with E-state index in [-0.39, 0.29) is 5.56 Å². The second-order valence-corrected chi connectivity index (χ2v) is 4.69.